The summed E-state index contributed by atoms with van der Waals surface area (Å²) >= 11 is 7.74. The van der Waals surface area contributed by atoms with Crippen molar-refractivity contribution in [1.29, 1.82) is 0 Å². The summed E-state index contributed by atoms with van der Waals surface area (Å²) in [4.78, 5) is 9.34. The number of hydrogen-bond donors (Lipinski definition) is 0. The van der Waals surface area contributed by atoms with Crippen molar-refractivity contribution in [3.8, 4) is 0 Å². The molecule has 0 fully saturated rings. The number of nitrogens with zero attached hydrogens (tertiary/aromatic N) is 2. The minimum Gasteiger partial charge on any atom is -0.250 e. The topological polar surface area (TPSA) is 25.8 Å². The maximum absolute atomic E-state index is 5.89. The summed E-state index contributed by atoms with van der Waals surface area (Å²) in [6.07, 6.45) is 0. The Bertz CT molecular complexity index is 756. The van der Waals surface area contributed by atoms with Crippen LogP contribution in [-0.4, -0.2) is 9.97 Å². The Kier molecular flexibility index (Phi) is 4.42. The van der Waals surface area contributed by atoms with Gasteiger partial charge in [0.1, 0.15) is 0 Å². The second kappa shape index (κ2) is 6.46. The van der Waals surface area contributed by atoms with Crippen molar-refractivity contribution in [3.05, 3.63) is 70.5 Å². The second-order valence-corrected chi connectivity index (χ2v) is 6.29. The van der Waals surface area contributed by atoms with Gasteiger partial charge in [0.25, 0.3) is 0 Å². The second-order valence-electron chi connectivity index (χ2n) is 4.86. The third-order valence-corrected chi connectivity index (χ3v) is 4.53. The number of halogens is 1. The van der Waals surface area contributed by atoms with E-state index in [4.69, 9.17) is 16.6 Å². The highest BCUT2D eigenvalue weighted by molar-refractivity contribution is 7.97. The molecule has 0 aliphatic rings. The van der Waals surface area contributed by atoms with Crippen molar-refractivity contribution < 1.29 is 0 Å². The van der Waals surface area contributed by atoms with E-state index in [1.54, 1.807) is 0 Å². The lowest BCUT2D eigenvalue weighted by molar-refractivity contribution is 1.08. The van der Waals surface area contributed by atoms with Gasteiger partial charge in [-0.2, -0.15) is 11.8 Å². The van der Waals surface area contributed by atoms with E-state index in [9.17, 15) is 0 Å². The monoisotopic (exact) mass is 314 g/mol. The van der Waals surface area contributed by atoms with Crippen LogP contribution in [0.25, 0.3) is 11.0 Å². The summed E-state index contributed by atoms with van der Waals surface area (Å²) in [5.41, 5.74) is 5.27. The lowest BCUT2D eigenvalue weighted by Crippen LogP contribution is -1.97. The Hall–Kier alpha value is -1.58. The van der Waals surface area contributed by atoms with Gasteiger partial charge in [0, 0.05) is 16.5 Å². The number of hydrogen-bond acceptors (Lipinski definition) is 3. The van der Waals surface area contributed by atoms with E-state index in [0.29, 0.717) is 0 Å². The molecule has 0 aliphatic carbocycles. The molecular formula is C17H15ClN2S. The average molecular weight is 315 g/mol. The highest BCUT2D eigenvalue weighted by atomic mass is 35.5. The molecule has 0 spiro atoms. The number of para-hydroxylation sites is 2. The number of aryl methyl sites for hydroxylation is 1. The summed E-state index contributed by atoms with van der Waals surface area (Å²) in [6, 6.07) is 16.0. The van der Waals surface area contributed by atoms with Crippen LogP contribution in [0.15, 0.2) is 48.5 Å². The van der Waals surface area contributed by atoms with Gasteiger partial charge in [-0.1, -0.05) is 35.9 Å². The van der Waals surface area contributed by atoms with Crippen LogP contribution >= 0.6 is 23.4 Å². The van der Waals surface area contributed by atoms with Crippen molar-refractivity contribution in [2.45, 2.75) is 18.4 Å². The number of benzene rings is 2. The molecule has 21 heavy (non-hydrogen) atoms. The molecule has 2 nitrogen and oxygen atoms in total. The Balaban J connectivity index is 1.70. The van der Waals surface area contributed by atoms with E-state index >= 15 is 0 Å². The molecule has 4 heteroatoms. The first kappa shape index (κ1) is 14.4. The zero-order valence-corrected chi connectivity index (χ0v) is 13.3. The van der Waals surface area contributed by atoms with Gasteiger partial charge in [0.15, 0.2) is 0 Å². The molecule has 3 rings (SSSR count). The predicted molar refractivity (Wildman–Crippen MR) is 90.7 cm³/mol. The lowest BCUT2D eigenvalue weighted by atomic mass is 10.2. The van der Waals surface area contributed by atoms with Gasteiger partial charge in [-0.25, -0.2) is 9.97 Å². The van der Waals surface area contributed by atoms with Crippen LogP contribution in [0.5, 0.6) is 0 Å². The molecule has 0 unspecified atom stereocenters. The third kappa shape index (κ3) is 3.55. The maximum Gasteiger partial charge on any atom is 0.0890 e. The van der Waals surface area contributed by atoms with Gasteiger partial charge in [0.05, 0.1) is 22.4 Å². The fourth-order valence-electron chi connectivity index (χ4n) is 2.11. The molecule has 2 aromatic carbocycles. The molecule has 0 atom stereocenters. The minimum atomic E-state index is 0.778. The van der Waals surface area contributed by atoms with Crippen LogP contribution in [0.1, 0.15) is 17.0 Å². The number of thioether (sulfide) groups is 1. The first-order chi connectivity index (χ1) is 10.2. The maximum atomic E-state index is 5.89. The first-order valence-electron chi connectivity index (χ1n) is 6.77. The number of rotatable bonds is 4. The lowest BCUT2D eigenvalue weighted by Gasteiger charge is -2.06. The van der Waals surface area contributed by atoms with Crippen LogP contribution in [0.4, 0.5) is 0 Å². The highest BCUT2D eigenvalue weighted by Gasteiger charge is 2.05. The van der Waals surface area contributed by atoms with Crippen LogP contribution in [-0.2, 0) is 11.5 Å². The quantitative estimate of drug-likeness (QED) is 0.676. The molecule has 0 saturated carbocycles. The molecule has 1 aromatic heterocycles. The molecule has 0 N–H and O–H groups in total. The van der Waals surface area contributed by atoms with Crippen LogP contribution in [0.3, 0.4) is 0 Å². The summed E-state index contributed by atoms with van der Waals surface area (Å²) < 4.78 is 0. The molecule has 106 valence electrons. The molecule has 0 saturated heterocycles. The molecule has 0 aliphatic heterocycles. The van der Waals surface area contributed by atoms with E-state index in [1.165, 1.54) is 5.56 Å². The smallest absolute Gasteiger partial charge is 0.0890 e. The Morgan fingerprint density at radius 1 is 0.905 bits per heavy atom. The van der Waals surface area contributed by atoms with E-state index in [2.05, 4.69) is 17.1 Å². The molecule has 1 heterocycles. The minimum absolute atomic E-state index is 0.778. The van der Waals surface area contributed by atoms with Crippen molar-refractivity contribution in [3.63, 3.8) is 0 Å². The van der Waals surface area contributed by atoms with Gasteiger partial charge in [-0.05, 0) is 36.8 Å². The molecule has 0 amide bonds. The van der Waals surface area contributed by atoms with Gasteiger partial charge in [-0.15, -0.1) is 0 Å². The highest BCUT2D eigenvalue weighted by Crippen LogP contribution is 2.21. The van der Waals surface area contributed by atoms with E-state index < -0.39 is 0 Å². The van der Waals surface area contributed by atoms with E-state index in [1.807, 2.05) is 55.1 Å². The van der Waals surface area contributed by atoms with Gasteiger partial charge in [0.2, 0.25) is 0 Å². The fourth-order valence-corrected chi connectivity index (χ4v) is 3.23. The number of aromatic nitrogens is 2. The SMILES string of the molecule is Cc1nc2ccccc2nc1CSCc1ccc(Cl)cc1. The zero-order valence-electron chi connectivity index (χ0n) is 11.7. The largest absolute Gasteiger partial charge is 0.250 e. The van der Waals surface area contributed by atoms with Crippen LogP contribution in [0, 0.1) is 6.92 Å². The predicted octanol–water partition coefficient (Wildman–Crippen LogP) is 5.03. The normalized spacial score (nSPS) is 11.0. The van der Waals surface area contributed by atoms with Gasteiger partial charge < -0.3 is 0 Å². The summed E-state index contributed by atoms with van der Waals surface area (Å²) in [7, 11) is 0. The Morgan fingerprint density at radius 2 is 1.57 bits per heavy atom. The average Bonchev–Trinajstić information content (AvgIpc) is 2.50. The summed E-state index contributed by atoms with van der Waals surface area (Å²) in [6.45, 7) is 2.03. The molecular weight excluding hydrogens is 300 g/mol. The van der Waals surface area contributed by atoms with Crippen molar-refractivity contribution in [2.24, 2.45) is 0 Å². The standard InChI is InChI=1S/C17H15ClN2S/c1-12-17(20-16-5-3-2-4-15(16)19-12)11-21-10-13-6-8-14(18)9-7-13/h2-9H,10-11H2,1H3. The van der Waals surface area contributed by atoms with Crippen molar-refractivity contribution in [1.82, 2.24) is 9.97 Å². The summed E-state index contributed by atoms with van der Waals surface area (Å²) in [5, 5.41) is 0.778. The van der Waals surface area contributed by atoms with Gasteiger partial charge in [-0.3, -0.25) is 0 Å². The van der Waals surface area contributed by atoms with E-state index in [0.717, 1.165) is 38.9 Å². The van der Waals surface area contributed by atoms with Crippen molar-refractivity contribution >= 4 is 34.4 Å². The van der Waals surface area contributed by atoms with Crippen LogP contribution in [0.2, 0.25) is 5.02 Å². The fraction of sp³-hybridized carbons (Fsp3) is 0.176. The Labute approximate surface area is 133 Å². The third-order valence-electron chi connectivity index (χ3n) is 3.26. The van der Waals surface area contributed by atoms with Crippen molar-refractivity contribution in [2.75, 3.05) is 0 Å². The first-order valence-corrected chi connectivity index (χ1v) is 8.30. The summed E-state index contributed by atoms with van der Waals surface area (Å²) in [5.74, 6) is 1.82. The molecule has 0 radical (unpaired) electrons. The molecule has 3 aromatic rings. The number of fused-ring (bicyclic) bond motifs is 1. The zero-order chi connectivity index (χ0) is 14.7. The Morgan fingerprint density at radius 3 is 2.29 bits per heavy atom. The van der Waals surface area contributed by atoms with Crippen LogP contribution < -0.4 is 0 Å². The molecule has 0 bridgehead atoms. The van der Waals surface area contributed by atoms with E-state index in [-0.39, 0.29) is 0 Å². The van der Waals surface area contributed by atoms with Gasteiger partial charge >= 0.3 is 0 Å².